The summed E-state index contributed by atoms with van der Waals surface area (Å²) in [5.41, 5.74) is 7.17. The highest BCUT2D eigenvalue weighted by atomic mass is 32.1. The molecule has 0 saturated heterocycles. The van der Waals surface area contributed by atoms with Gasteiger partial charge in [-0.05, 0) is 24.3 Å². The van der Waals surface area contributed by atoms with Crippen molar-refractivity contribution in [3.63, 3.8) is 0 Å². The zero-order chi connectivity index (χ0) is 15.1. The van der Waals surface area contributed by atoms with Crippen molar-refractivity contribution in [2.45, 2.75) is 6.54 Å². The minimum atomic E-state index is -0.199. The molecular weight excluding hydrogens is 282 g/mol. The second kappa shape index (κ2) is 7.25. The van der Waals surface area contributed by atoms with Crippen LogP contribution in [0.3, 0.4) is 0 Å². The summed E-state index contributed by atoms with van der Waals surface area (Å²) >= 11 is 1.53. The van der Waals surface area contributed by atoms with Crippen LogP contribution in [-0.4, -0.2) is 12.5 Å². The van der Waals surface area contributed by atoms with Gasteiger partial charge >= 0.3 is 0 Å². The second-order valence-electron chi connectivity index (χ2n) is 4.18. The zero-order valence-corrected chi connectivity index (χ0v) is 12.0. The Morgan fingerprint density at radius 1 is 1.33 bits per heavy atom. The van der Waals surface area contributed by atoms with Gasteiger partial charge in [0.2, 0.25) is 0 Å². The summed E-state index contributed by atoms with van der Waals surface area (Å²) in [7, 11) is 0. The molecule has 1 aromatic heterocycles. The predicted octanol–water partition coefficient (Wildman–Crippen LogP) is 1.86. The lowest BCUT2D eigenvalue weighted by Crippen LogP contribution is -2.22. The molecule has 3 N–H and O–H groups in total. The first kappa shape index (κ1) is 14.8. The Bertz CT molecular complexity index is 747. The molecule has 0 saturated carbocycles. The molecule has 104 valence electrons. The van der Waals surface area contributed by atoms with Gasteiger partial charge in [-0.3, -0.25) is 4.79 Å². The number of hydrogen-bond acceptors (Lipinski definition) is 4. The lowest BCUT2D eigenvalue weighted by Gasteiger charge is -2.03. The molecule has 2 rings (SSSR count). The van der Waals surface area contributed by atoms with E-state index in [0.29, 0.717) is 24.2 Å². The molecule has 1 amide bonds. The third-order valence-electron chi connectivity index (χ3n) is 2.67. The van der Waals surface area contributed by atoms with E-state index in [1.54, 1.807) is 24.3 Å². The van der Waals surface area contributed by atoms with Gasteiger partial charge < -0.3 is 11.1 Å². The Labute approximate surface area is 127 Å². The molecule has 21 heavy (non-hydrogen) atoms. The minimum Gasteiger partial charge on any atom is -0.347 e. The van der Waals surface area contributed by atoms with Crippen molar-refractivity contribution in [3.05, 3.63) is 57.3 Å². The Hall–Kier alpha value is -2.60. The lowest BCUT2D eigenvalue weighted by atomic mass is 10.1. The summed E-state index contributed by atoms with van der Waals surface area (Å²) in [5, 5.41) is 13.6. The van der Waals surface area contributed by atoms with Gasteiger partial charge in [0, 0.05) is 21.4 Å². The summed E-state index contributed by atoms with van der Waals surface area (Å²) < 4.78 is 0. The first-order chi connectivity index (χ1) is 10.2. The van der Waals surface area contributed by atoms with Crippen LogP contribution < -0.4 is 11.1 Å². The number of nitrogens with zero attached hydrogens (tertiary/aromatic N) is 1. The first-order valence-corrected chi connectivity index (χ1v) is 7.15. The van der Waals surface area contributed by atoms with Crippen LogP contribution in [0.5, 0.6) is 0 Å². The van der Waals surface area contributed by atoms with Crippen LogP contribution in [0.2, 0.25) is 0 Å². The Morgan fingerprint density at radius 2 is 2.19 bits per heavy atom. The van der Waals surface area contributed by atoms with Crippen LogP contribution in [0.15, 0.2) is 35.7 Å². The second-order valence-corrected chi connectivity index (χ2v) is 5.18. The maximum atomic E-state index is 12.0. The predicted molar refractivity (Wildman–Crippen MR) is 82.6 cm³/mol. The van der Waals surface area contributed by atoms with Gasteiger partial charge in [0.15, 0.2) is 0 Å². The number of amides is 1. The SMILES string of the molecule is N#Cc1cccc(C(=O)NCc2cc(C#CCN)cs2)c1. The average Bonchev–Trinajstić information content (AvgIpc) is 2.98. The highest BCUT2D eigenvalue weighted by Gasteiger charge is 2.06. The molecule has 0 aliphatic carbocycles. The number of benzene rings is 1. The van der Waals surface area contributed by atoms with Crippen molar-refractivity contribution in [2.24, 2.45) is 5.73 Å². The fourth-order valence-corrected chi connectivity index (χ4v) is 2.45. The molecule has 4 nitrogen and oxygen atoms in total. The fourth-order valence-electron chi connectivity index (χ4n) is 1.69. The van der Waals surface area contributed by atoms with Crippen LogP contribution in [0.1, 0.15) is 26.4 Å². The molecule has 0 aliphatic heterocycles. The number of rotatable bonds is 3. The number of thiophene rings is 1. The van der Waals surface area contributed by atoms with Crippen molar-refractivity contribution >= 4 is 17.2 Å². The van der Waals surface area contributed by atoms with Crippen LogP contribution in [0, 0.1) is 23.2 Å². The molecular formula is C16H13N3OS. The molecule has 1 aromatic carbocycles. The highest BCUT2D eigenvalue weighted by molar-refractivity contribution is 7.10. The summed E-state index contributed by atoms with van der Waals surface area (Å²) in [6, 6.07) is 10.6. The molecule has 0 bridgehead atoms. The molecule has 0 atom stereocenters. The highest BCUT2D eigenvalue weighted by Crippen LogP contribution is 2.14. The van der Waals surface area contributed by atoms with E-state index in [1.165, 1.54) is 11.3 Å². The zero-order valence-electron chi connectivity index (χ0n) is 11.2. The molecule has 5 heteroatoms. The van der Waals surface area contributed by atoms with E-state index in [2.05, 4.69) is 17.2 Å². The van der Waals surface area contributed by atoms with Crippen LogP contribution in [0.4, 0.5) is 0 Å². The fraction of sp³-hybridized carbons (Fsp3) is 0.125. The monoisotopic (exact) mass is 295 g/mol. The van der Waals surface area contributed by atoms with Crippen molar-refractivity contribution in [1.82, 2.24) is 5.32 Å². The van der Waals surface area contributed by atoms with E-state index < -0.39 is 0 Å². The van der Waals surface area contributed by atoms with E-state index in [-0.39, 0.29) is 5.91 Å². The van der Waals surface area contributed by atoms with Gasteiger partial charge in [-0.2, -0.15) is 5.26 Å². The average molecular weight is 295 g/mol. The normalized spacial score (nSPS) is 9.33. The van der Waals surface area contributed by atoms with E-state index in [9.17, 15) is 4.79 Å². The summed E-state index contributed by atoms with van der Waals surface area (Å²) in [6.45, 7) is 0.766. The number of nitrogens with one attached hydrogen (secondary N) is 1. The van der Waals surface area contributed by atoms with E-state index >= 15 is 0 Å². The number of carbonyl (C=O) groups is 1. The molecule has 0 unspecified atom stereocenters. The third-order valence-corrected chi connectivity index (χ3v) is 3.60. The Kier molecular flexibility index (Phi) is 5.11. The smallest absolute Gasteiger partial charge is 0.251 e. The Morgan fingerprint density at radius 3 is 2.95 bits per heavy atom. The number of nitriles is 1. The van der Waals surface area contributed by atoms with Crippen LogP contribution in [-0.2, 0) is 6.54 Å². The van der Waals surface area contributed by atoms with Crippen molar-refractivity contribution in [2.75, 3.05) is 6.54 Å². The lowest BCUT2D eigenvalue weighted by molar-refractivity contribution is 0.0951. The van der Waals surface area contributed by atoms with E-state index in [4.69, 9.17) is 11.0 Å². The first-order valence-electron chi connectivity index (χ1n) is 6.27. The summed E-state index contributed by atoms with van der Waals surface area (Å²) in [4.78, 5) is 13.0. The van der Waals surface area contributed by atoms with E-state index in [1.807, 2.05) is 17.5 Å². The molecule has 0 fully saturated rings. The third kappa shape index (κ3) is 4.19. The summed E-state index contributed by atoms with van der Waals surface area (Å²) in [6.07, 6.45) is 0. The molecule has 0 spiro atoms. The van der Waals surface area contributed by atoms with Crippen molar-refractivity contribution in [1.29, 1.82) is 5.26 Å². The van der Waals surface area contributed by atoms with Crippen LogP contribution in [0.25, 0.3) is 0 Å². The number of hydrogen-bond donors (Lipinski definition) is 2. The van der Waals surface area contributed by atoms with Crippen molar-refractivity contribution < 1.29 is 4.79 Å². The quantitative estimate of drug-likeness (QED) is 0.848. The number of nitrogens with two attached hydrogens (primary N) is 1. The molecule has 0 aliphatic rings. The van der Waals surface area contributed by atoms with Gasteiger partial charge in [0.1, 0.15) is 0 Å². The minimum absolute atomic E-state index is 0.199. The van der Waals surface area contributed by atoms with Crippen molar-refractivity contribution in [3.8, 4) is 17.9 Å². The van der Waals surface area contributed by atoms with E-state index in [0.717, 1.165) is 10.4 Å². The number of carbonyl (C=O) groups excluding carboxylic acids is 1. The van der Waals surface area contributed by atoms with Gasteiger partial charge in [-0.15, -0.1) is 11.3 Å². The van der Waals surface area contributed by atoms with Gasteiger partial charge in [0.25, 0.3) is 5.91 Å². The molecule has 0 radical (unpaired) electrons. The standard InChI is InChI=1S/C16H13N3OS/c17-6-2-4-13-8-15(21-11-13)10-19-16(20)14-5-1-3-12(7-14)9-18/h1,3,5,7-8,11H,6,10,17H2,(H,19,20). The van der Waals surface area contributed by atoms with Gasteiger partial charge in [0.05, 0.1) is 24.7 Å². The maximum Gasteiger partial charge on any atom is 0.251 e. The molecule has 2 aromatic rings. The maximum absolute atomic E-state index is 12.0. The topological polar surface area (TPSA) is 78.9 Å². The largest absolute Gasteiger partial charge is 0.347 e. The van der Waals surface area contributed by atoms with Crippen LogP contribution >= 0.6 is 11.3 Å². The van der Waals surface area contributed by atoms with Gasteiger partial charge in [-0.25, -0.2) is 0 Å². The Balaban J connectivity index is 1.97. The summed E-state index contributed by atoms with van der Waals surface area (Å²) in [5.74, 6) is 5.53. The molecule has 1 heterocycles. The van der Waals surface area contributed by atoms with Gasteiger partial charge in [-0.1, -0.05) is 17.9 Å².